The Morgan fingerprint density at radius 2 is 2.05 bits per heavy atom. The summed E-state index contributed by atoms with van der Waals surface area (Å²) in [5, 5.41) is 12.1. The van der Waals surface area contributed by atoms with Gasteiger partial charge in [0, 0.05) is 22.3 Å². The van der Waals surface area contributed by atoms with Crippen LogP contribution in [0.25, 0.3) is 0 Å². The van der Waals surface area contributed by atoms with Crippen LogP contribution in [0, 0.1) is 6.92 Å². The molecule has 0 saturated carbocycles. The number of amidine groups is 1. The third-order valence-corrected chi connectivity index (χ3v) is 3.76. The molecule has 0 bridgehead atoms. The highest BCUT2D eigenvalue weighted by Crippen LogP contribution is 2.31. The Hall–Kier alpha value is -2.01. The van der Waals surface area contributed by atoms with Crippen LogP contribution in [0.5, 0.6) is 0 Å². The zero-order valence-electron chi connectivity index (χ0n) is 12.0. The normalized spacial score (nSPS) is 11.5. The van der Waals surface area contributed by atoms with Crippen molar-refractivity contribution < 1.29 is 5.21 Å². The van der Waals surface area contributed by atoms with Gasteiger partial charge in [-0.25, -0.2) is 0 Å². The lowest BCUT2D eigenvalue weighted by Gasteiger charge is -2.26. The van der Waals surface area contributed by atoms with Gasteiger partial charge in [0.05, 0.1) is 5.69 Å². The number of halogens is 1. The maximum atomic E-state index is 9.00. The Balaban J connectivity index is 2.57. The van der Waals surface area contributed by atoms with Crippen molar-refractivity contribution in [1.82, 2.24) is 0 Å². The van der Waals surface area contributed by atoms with Gasteiger partial charge in [-0.1, -0.05) is 33.2 Å². The van der Waals surface area contributed by atoms with Gasteiger partial charge in [-0.05, 0) is 49.7 Å². The predicted molar refractivity (Wildman–Crippen MR) is 90.5 cm³/mol. The van der Waals surface area contributed by atoms with Crippen LogP contribution in [-0.4, -0.2) is 17.6 Å². The summed E-state index contributed by atoms with van der Waals surface area (Å²) in [4.78, 5) is 2.13. The quantitative estimate of drug-likeness (QED) is 0.380. The molecule has 0 spiro atoms. The molecule has 0 amide bonds. The van der Waals surface area contributed by atoms with Crippen LogP contribution in [0.2, 0.25) is 0 Å². The number of rotatable bonds is 4. The van der Waals surface area contributed by atoms with E-state index in [0.717, 1.165) is 22.4 Å². The Bertz CT molecular complexity index is 670. The number of benzene rings is 2. The fraction of sp³-hybridized carbons (Fsp3) is 0.188. The molecule has 0 aliphatic rings. The molecule has 21 heavy (non-hydrogen) atoms. The second kappa shape index (κ2) is 6.63. The summed E-state index contributed by atoms with van der Waals surface area (Å²) in [6, 6.07) is 14.0. The molecule has 2 rings (SSSR count). The highest BCUT2D eigenvalue weighted by atomic mass is 79.9. The van der Waals surface area contributed by atoms with Gasteiger partial charge in [0.1, 0.15) is 0 Å². The van der Waals surface area contributed by atoms with E-state index in [2.05, 4.69) is 58.0 Å². The van der Waals surface area contributed by atoms with Crippen LogP contribution in [0.3, 0.4) is 0 Å². The monoisotopic (exact) mass is 347 g/mol. The first kappa shape index (κ1) is 15.4. The van der Waals surface area contributed by atoms with E-state index in [1.807, 2.05) is 24.3 Å². The van der Waals surface area contributed by atoms with Crippen LogP contribution in [0.15, 0.2) is 52.1 Å². The highest BCUT2D eigenvalue weighted by Gasteiger charge is 2.15. The van der Waals surface area contributed by atoms with Gasteiger partial charge in [-0.2, -0.15) is 0 Å². The summed E-state index contributed by atoms with van der Waals surface area (Å²) in [6.45, 7) is 4.90. The van der Waals surface area contributed by atoms with Crippen LogP contribution >= 0.6 is 15.9 Å². The molecular formula is C16H18BrN3O. The topological polar surface area (TPSA) is 61.8 Å². The van der Waals surface area contributed by atoms with E-state index in [4.69, 9.17) is 10.9 Å². The molecule has 2 aromatic carbocycles. The number of anilines is 2. The van der Waals surface area contributed by atoms with Gasteiger partial charge in [0.2, 0.25) is 0 Å². The minimum atomic E-state index is 0.0948. The van der Waals surface area contributed by atoms with Crippen LogP contribution in [0.1, 0.15) is 18.1 Å². The van der Waals surface area contributed by atoms with E-state index in [0.29, 0.717) is 5.56 Å². The van der Waals surface area contributed by atoms with Gasteiger partial charge in [-0.3, -0.25) is 0 Å². The molecule has 0 unspecified atom stereocenters. The zero-order chi connectivity index (χ0) is 15.4. The minimum Gasteiger partial charge on any atom is -0.409 e. The summed E-state index contributed by atoms with van der Waals surface area (Å²) in [6.07, 6.45) is 0. The SMILES string of the molecule is CCN(c1cccc(C)c1)c1ccc(Br)cc1/C(N)=N/O. The number of nitrogens with zero attached hydrogens (tertiary/aromatic N) is 2. The minimum absolute atomic E-state index is 0.0948. The summed E-state index contributed by atoms with van der Waals surface area (Å²) in [5.74, 6) is 0.0948. The van der Waals surface area contributed by atoms with Crippen LogP contribution in [0.4, 0.5) is 11.4 Å². The lowest BCUT2D eigenvalue weighted by Crippen LogP contribution is -2.22. The second-order valence-electron chi connectivity index (χ2n) is 4.73. The molecule has 0 saturated heterocycles. The molecule has 0 aliphatic carbocycles. The first-order chi connectivity index (χ1) is 10.1. The van der Waals surface area contributed by atoms with Gasteiger partial charge in [0.15, 0.2) is 5.84 Å². The Kier molecular flexibility index (Phi) is 4.85. The molecule has 3 N–H and O–H groups in total. The molecule has 4 nitrogen and oxygen atoms in total. The van der Waals surface area contributed by atoms with Crippen molar-refractivity contribution in [2.45, 2.75) is 13.8 Å². The van der Waals surface area contributed by atoms with E-state index < -0.39 is 0 Å². The first-order valence-electron chi connectivity index (χ1n) is 6.68. The average Bonchev–Trinajstić information content (AvgIpc) is 2.48. The molecule has 0 radical (unpaired) electrons. The van der Waals surface area contributed by atoms with Crippen molar-refractivity contribution >= 4 is 33.1 Å². The van der Waals surface area contributed by atoms with Crippen molar-refractivity contribution in [1.29, 1.82) is 0 Å². The Morgan fingerprint density at radius 3 is 2.67 bits per heavy atom. The third-order valence-electron chi connectivity index (χ3n) is 3.26. The summed E-state index contributed by atoms with van der Waals surface area (Å²) >= 11 is 3.42. The number of hydrogen-bond donors (Lipinski definition) is 2. The number of aryl methyl sites for hydroxylation is 1. The molecule has 0 fully saturated rings. The van der Waals surface area contributed by atoms with Gasteiger partial charge < -0.3 is 15.8 Å². The second-order valence-corrected chi connectivity index (χ2v) is 5.65. The van der Waals surface area contributed by atoms with Crippen LogP contribution < -0.4 is 10.6 Å². The van der Waals surface area contributed by atoms with Crippen molar-refractivity contribution in [3.8, 4) is 0 Å². The average molecular weight is 348 g/mol. The number of nitrogens with two attached hydrogens (primary N) is 1. The summed E-state index contributed by atoms with van der Waals surface area (Å²) in [5.41, 5.74) is 9.68. The van der Waals surface area contributed by atoms with E-state index in [-0.39, 0.29) is 5.84 Å². The molecule has 0 aliphatic heterocycles. The fourth-order valence-corrected chi connectivity index (χ4v) is 2.65. The molecule has 0 heterocycles. The maximum Gasteiger partial charge on any atom is 0.172 e. The standard InChI is InChI=1S/C16H18BrN3O/c1-3-20(13-6-4-5-11(2)9-13)15-8-7-12(17)10-14(15)16(18)19-21/h4-10,21H,3H2,1-2H3,(H2,18,19). The molecule has 2 aromatic rings. The van der Waals surface area contributed by atoms with Gasteiger partial charge >= 0.3 is 0 Å². The van der Waals surface area contributed by atoms with E-state index in [1.54, 1.807) is 0 Å². The molecular weight excluding hydrogens is 330 g/mol. The highest BCUT2D eigenvalue weighted by molar-refractivity contribution is 9.10. The van der Waals surface area contributed by atoms with E-state index in [1.165, 1.54) is 5.56 Å². The largest absolute Gasteiger partial charge is 0.409 e. The van der Waals surface area contributed by atoms with E-state index >= 15 is 0 Å². The molecule has 5 heteroatoms. The van der Waals surface area contributed by atoms with Crippen molar-refractivity contribution in [3.63, 3.8) is 0 Å². The molecule has 110 valence electrons. The predicted octanol–water partition coefficient (Wildman–Crippen LogP) is 4.01. The summed E-state index contributed by atoms with van der Waals surface area (Å²) < 4.78 is 0.883. The fourth-order valence-electron chi connectivity index (χ4n) is 2.29. The lowest BCUT2D eigenvalue weighted by molar-refractivity contribution is 0.318. The van der Waals surface area contributed by atoms with Crippen LogP contribution in [-0.2, 0) is 0 Å². The maximum absolute atomic E-state index is 9.00. The number of hydrogen-bond acceptors (Lipinski definition) is 3. The first-order valence-corrected chi connectivity index (χ1v) is 7.47. The van der Waals surface area contributed by atoms with E-state index in [9.17, 15) is 0 Å². The Morgan fingerprint density at radius 1 is 1.29 bits per heavy atom. The van der Waals surface area contributed by atoms with Crippen molar-refractivity contribution in [2.24, 2.45) is 10.9 Å². The Labute approximate surface area is 133 Å². The molecule has 0 aromatic heterocycles. The summed E-state index contributed by atoms with van der Waals surface area (Å²) in [7, 11) is 0. The molecule has 0 atom stereocenters. The lowest BCUT2D eigenvalue weighted by atomic mass is 10.1. The number of oxime groups is 1. The van der Waals surface area contributed by atoms with Gasteiger partial charge in [0.25, 0.3) is 0 Å². The van der Waals surface area contributed by atoms with Crippen molar-refractivity contribution in [3.05, 3.63) is 58.1 Å². The smallest absolute Gasteiger partial charge is 0.172 e. The zero-order valence-corrected chi connectivity index (χ0v) is 13.6. The van der Waals surface area contributed by atoms with Gasteiger partial charge in [-0.15, -0.1) is 0 Å². The van der Waals surface area contributed by atoms with Crippen molar-refractivity contribution in [2.75, 3.05) is 11.4 Å². The third kappa shape index (κ3) is 3.36.